The zero-order chi connectivity index (χ0) is 24.7. The van der Waals surface area contributed by atoms with Crippen molar-refractivity contribution < 1.29 is 27.1 Å². The first-order chi connectivity index (χ1) is 16.8. The fraction of sp³-hybridized carbons (Fsp3) is 0.240. The second kappa shape index (κ2) is 9.01. The normalized spacial score (nSPS) is 13.3. The molecule has 0 aliphatic heterocycles. The molecule has 1 aliphatic rings. The molecule has 0 bridgehead atoms. The van der Waals surface area contributed by atoms with E-state index in [0.29, 0.717) is 22.5 Å². The molecule has 1 aliphatic carbocycles. The summed E-state index contributed by atoms with van der Waals surface area (Å²) in [4.78, 5) is 18.6. The van der Waals surface area contributed by atoms with Crippen LogP contribution in [0.3, 0.4) is 0 Å². The fourth-order valence-electron chi connectivity index (χ4n) is 3.96. The minimum atomic E-state index is -0.853. The smallest absolute Gasteiger partial charge is 0.254 e. The number of halogens is 4. The van der Waals surface area contributed by atoms with Gasteiger partial charge in [-0.2, -0.15) is 5.10 Å². The van der Waals surface area contributed by atoms with Gasteiger partial charge in [0.05, 0.1) is 29.1 Å². The van der Waals surface area contributed by atoms with Crippen LogP contribution in [0.2, 0.25) is 0 Å². The molecule has 10 heteroatoms. The lowest BCUT2D eigenvalue weighted by Crippen LogP contribution is -2.26. The second-order valence-corrected chi connectivity index (χ2v) is 8.49. The highest BCUT2D eigenvalue weighted by Crippen LogP contribution is 2.38. The van der Waals surface area contributed by atoms with Crippen LogP contribution in [-0.4, -0.2) is 39.1 Å². The molecule has 1 fully saturated rings. The van der Waals surface area contributed by atoms with Crippen molar-refractivity contribution in [3.63, 3.8) is 0 Å². The van der Waals surface area contributed by atoms with E-state index in [1.807, 2.05) is 0 Å². The number of nitrogens with zero attached hydrogens (tertiary/aromatic N) is 3. The largest absolute Gasteiger partial charge is 0.490 e. The summed E-state index contributed by atoms with van der Waals surface area (Å²) < 4.78 is 61.9. The van der Waals surface area contributed by atoms with Crippen molar-refractivity contribution in [1.82, 2.24) is 20.1 Å². The predicted molar refractivity (Wildman–Crippen MR) is 120 cm³/mol. The quantitative estimate of drug-likeness (QED) is 0.360. The number of pyridine rings is 1. The van der Waals surface area contributed by atoms with Crippen molar-refractivity contribution >= 4 is 16.8 Å². The number of nitrogens with one attached hydrogen (secondary N) is 1. The Bertz CT molecular complexity index is 1410. The van der Waals surface area contributed by atoms with Gasteiger partial charge < -0.3 is 9.64 Å². The zero-order valence-corrected chi connectivity index (χ0v) is 18.6. The monoisotopic (exact) mass is 484 g/mol. The van der Waals surface area contributed by atoms with Gasteiger partial charge in [-0.05, 0) is 42.7 Å². The number of carbonyl (C=O) groups is 1. The molecule has 180 valence electrons. The van der Waals surface area contributed by atoms with E-state index in [9.17, 15) is 18.0 Å². The van der Waals surface area contributed by atoms with Crippen molar-refractivity contribution in [3.8, 4) is 16.9 Å². The molecule has 5 rings (SSSR count). The van der Waals surface area contributed by atoms with E-state index in [1.54, 1.807) is 0 Å². The third-order valence-corrected chi connectivity index (χ3v) is 5.80. The van der Waals surface area contributed by atoms with Crippen LogP contribution in [0.4, 0.5) is 17.6 Å². The van der Waals surface area contributed by atoms with Gasteiger partial charge >= 0.3 is 0 Å². The lowest BCUT2D eigenvalue weighted by atomic mass is 10.0. The van der Waals surface area contributed by atoms with E-state index in [1.165, 1.54) is 30.4 Å². The summed E-state index contributed by atoms with van der Waals surface area (Å²) in [6, 6.07) is 5.13. The van der Waals surface area contributed by atoms with Crippen LogP contribution in [0.25, 0.3) is 22.0 Å². The van der Waals surface area contributed by atoms with Crippen LogP contribution in [0, 0.1) is 17.5 Å². The van der Waals surface area contributed by atoms with E-state index in [2.05, 4.69) is 15.2 Å². The number of rotatable bonds is 7. The van der Waals surface area contributed by atoms with Gasteiger partial charge in [0.1, 0.15) is 29.9 Å². The highest BCUT2D eigenvalue weighted by Gasteiger charge is 2.28. The van der Waals surface area contributed by atoms with Crippen LogP contribution < -0.4 is 4.74 Å². The molecule has 0 unspecified atom stereocenters. The Kier molecular flexibility index (Phi) is 5.88. The van der Waals surface area contributed by atoms with E-state index in [4.69, 9.17) is 4.74 Å². The molecule has 1 N–H and O–H groups in total. The summed E-state index contributed by atoms with van der Waals surface area (Å²) >= 11 is 0. The number of carbonyl (C=O) groups excluding carboxylic acids is 1. The van der Waals surface area contributed by atoms with Crippen molar-refractivity contribution in [2.24, 2.45) is 0 Å². The maximum atomic E-state index is 15.3. The number of ether oxygens (including phenoxy) is 1. The Labute approximate surface area is 197 Å². The van der Waals surface area contributed by atoms with Crippen LogP contribution in [0.5, 0.6) is 5.75 Å². The number of alkyl halides is 1. The fourth-order valence-corrected chi connectivity index (χ4v) is 3.96. The molecule has 1 amide bonds. The number of H-pyrrole nitrogens is 1. The number of amides is 1. The van der Waals surface area contributed by atoms with Gasteiger partial charge in [0.15, 0.2) is 0 Å². The van der Waals surface area contributed by atoms with Crippen molar-refractivity contribution in [2.45, 2.75) is 32.2 Å². The highest BCUT2D eigenvalue weighted by atomic mass is 19.1. The van der Waals surface area contributed by atoms with E-state index in [-0.39, 0.29) is 40.8 Å². The maximum absolute atomic E-state index is 15.3. The van der Waals surface area contributed by atoms with Gasteiger partial charge in [0, 0.05) is 42.4 Å². The minimum Gasteiger partial charge on any atom is -0.490 e. The molecule has 0 saturated heterocycles. The van der Waals surface area contributed by atoms with Crippen LogP contribution in [0.15, 0.2) is 42.7 Å². The van der Waals surface area contributed by atoms with E-state index >= 15 is 4.39 Å². The lowest BCUT2D eigenvalue weighted by Gasteiger charge is -2.20. The summed E-state index contributed by atoms with van der Waals surface area (Å²) in [5, 5.41) is 7.24. The summed E-state index contributed by atoms with van der Waals surface area (Å²) in [6.07, 6.45) is 4.30. The summed E-state index contributed by atoms with van der Waals surface area (Å²) in [5.41, 5.74) is 1.27. The first-order valence-electron chi connectivity index (χ1n) is 10.9. The maximum Gasteiger partial charge on any atom is 0.254 e. The average molecular weight is 484 g/mol. The Morgan fingerprint density at radius 2 is 1.86 bits per heavy atom. The molecule has 4 aromatic rings. The summed E-state index contributed by atoms with van der Waals surface area (Å²) in [5.74, 6) is -3.01. The van der Waals surface area contributed by atoms with Crippen molar-refractivity contribution in [2.75, 3.05) is 7.05 Å². The predicted octanol–water partition coefficient (Wildman–Crippen LogP) is 5.33. The molecule has 1 saturated carbocycles. The Morgan fingerprint density at radius 1 is 1.11 bits per heavy atom. The lowest BCUT2D eigenvalue weighted by molar-refractivity contribution is 0.0784. The van der Waals surface area contributed by atoms with Gasteiger partial charge in [0.25, 0.3) is 5.91 Å². The Morgan fingerprint density at radius 3 is 2.54 bits per heavy atom. The van der Waals surface area contributed by atoms with Crippen molar-refractivity contribution in [3.05, 3.63) is 77.0 Å². The average Bonchev–Trinajstić information content (AvgIpc) is 3.48. The molecule has 6 nitrogen and oxygen atoms in total. The zero-order valence-electron chi connectivity index (χ0n) is 18.6. The van der Waals surface area contributed by atoms with E-state index < -0.39 is 30.0 Å². The second-order valence-electron chi connectivity index (χ2n) is 8.49. The van der Waals surface area contributed by atoms with Gasteiger partial charge in [-0.3, -0.25) is 14.9 Å². The third kappa shape index (κ3) is 4.55. The van der Waals surface area contributed by atoms with Gasteiger partial charge in [-0.25, -0.2) is 17.6 Å². The topological polar surface area (TPSA) is 71.1 Å². The molecule has 0 atom stereocenters. The van der Waals surface area contributed by atoms with Gasteiger partial charge in [-0.1, -0.05) is 0 Å². The highest BCUT2D eigenvalue weighted by molar-refractivity contribution is 5.96. The van der Waals surface area contributed by atoms with Crippen LogP contribution in [-0.2, 0) is 13.2 Å². The standard InChI is InChI=1S/C25H20F4N4O2/c1-33(12-15-10-30-21(9-26)19-11-31-32-24(15)19)25(34)14-6-20(29)23(22(7-14)35-18-2-3-18)13-4-16(27)8-17(28)5-13/h4-8,10-11,18H,2-3,9,12H2,1H3,(H,31,32). The van der Waals surface area contributed by atoms with Gasteiger partial charge in [0.2, 0.25) is 0 Å². The van der Waals surface area contributed by atoms with E-state index in [0.717, 1.165) is 31.0 Å². The number of fused-ring (bicyclic) bond motifs is 1. The Hall–Kier alpha value is -3.95. The summed E-state index contributed by atoms with van der Waals surface area (Å²) in [6.45, 7) is -0.663. The van der Waals surface area contributed by atoms with Crippen LogP contribution >= 0.6 is 0 Å². The summed E-state index contributed by atoms with van der Waals surface area (Å²) in [7, 11) is 1.53. The minimum absolute atomic E-state index is 0.00969. The number of benzene rings is 2. The molecule has 2 heterocycles. The van der Waals surface area contributed by atoms with Crippen LogP contribution in [0.1, 0.15) is 34.5 Å². The number of hydrogen-bond donors (Lipinski definition) is 1. The Balaban J connectivity index is 1.48. The molecular formula is C25H20F4N4O2. The first kappa shape index (κ1) is 22.8. The number of aromatic amines is 1. The molecule has 2 aromatic heterocycles. The first-order valence-corrected chi connectivity index (χ1v) is 10.9. The molecule has 0 spiro atoms. The number of hydrogen-bond acceptors (Lipinski definition) is 4. The SMILES string of the molecule is CN(Cc1cnc(CF)c2cn[nH]c12)C(=O)c1cc(F)c(-c2cc(F)cc(F)c2)c(OC2CC2)c1. The van der Waals surface area contributed by atoms with Crippen molar-refractivity contribution in [1.29, 1.82) is 0 Å². The molecule has 35 heavy (non-hydrogen) atoms. The molecule has 0 radical (unpaired) electrons. The third-order valence-electron chi connectivity index (χ3n) is 5.80. The number of aromatic nitrogens is 3. The molecular weight excluding hydrogens is 464 g/mol. The molecule has 2 aromatic carbocycles. The van der Waals surface area contributed by atoms with Gasteiger partial charge in [-0.15, -0.1) is 0 Å².